The zero-order chi connectivity index (χ0) is 9.52. The highest BCUT2D eigenvalue weighted by Crippen LogP contribution is 2.08. The molecule has 0 amide bonds. The molecule has 1 heteroatoms. The van der Waals surface area contributed by atoms with Gasteiger partial charge in [-0.3, -0.25) is 0 Å². The van der Waals surface area contributed by atoms with Crippen LogP contribution in [0, 0.1) is 5.92 Å². The van der Waals surface area contributed by atoms with Gasteiger partial charge in [-0.05, 0) is 12.3 Å². The largest absolute Gasteiger partial charge is 0.205 e. The first kappa shape index (κ1) is 10.2. The van der Waals surface area contributed by atoms with Crippen molar-refractivity contribution in [2.45, 2.75) is 39.7 Å². The van der Waals surface area contributed by atoms with Crippen molar-refractivity contribution in [3.8, 4) is 0 Å². The van der Waals surface area contributed by atoms with Crippen molar-refractivity contribution in [3.63, 3.8) is 0 Å². The van der Waals surface area contributed by atoms with Crippen molar-refractivity contribution in [2.75, 3.05) is 0 Å². The molecule has 1 aromatic heterocycles. The molecule has 13 heavy (non-hydrogen) atoms. The van der Waals surface area contributed by atoms with Gasteiger partial charge in [-0.25, -0.2) is 4.57 Å². The molecule has 0 fully saturated rings. The van der Waals surface area contributed by atoms with Gasteiger partial charge in [0.15, 0.2) is 12.4 Å². The number of hydrogen-bond donors (Lipinski definition) is 0. The Morgan fingerprint density at radius 3 is 2.46 bits per heavy atom. The van der Waals surface area contributed by atoms with Crippen molar-refractivity contribution in [1.82, 2.24) is 0 Å². The molecule has 0 aliphatic heterocycles. The van der Waals surface area contributed by atoms with Gasteiger partial charge in [-0.2, -0.15) is 0 Å². The van der Waals surface area contributed by atoms with E-state index in [9.17, 15) is 0 Å². The zero-order valence-corrected chi connectivity index (χ0v) is 8.74. The molecular formula is C12H20N+. The van der Waals surface area contributed by atoms with E-state index in [1.54, 1.807) is 0 Å². The third kappa shape index (κ3) is 4.07. The summed E-state index contributed by atoms with van der Waals surface area (Å²) in [6.07, 6.45) is 8.22. The smallest absolute Gasteiger partial charge is 0.168 e. The third-order valence-corrected chi connectivity index (χ3v) is 2.59. The molecule has 1 rings (SSSR count). The van der Waals surface area contributed by atoms with Crippen molar-refractivity contribution in [2.24, 2.45) is 5.92 Å². The Balaban J connectivity index is 2.20. The number of nitrogens with zero attached hydrogens (tertiary/aromatic N) is 1. The molecule has 1 atom stereocenters. The van der Waals surface area contributed by atoms with Crippen molar-refractivity contribution in [1.29, 1.82) is 0 Å². The second-order valence-electron chi connectivity index (χ2n) is 3.77. The van der Waals surface area contributed by atoms with Crippen molar-refractivity contribution < 1.29 is 4.57 Å². The number of aromatic nitrogens is 1. The summed E-state index contributed by atoms with van der Waals surface area (Å²) in [6.45, 7) is 5.75. The standard InChI is InChI=1S/C12H20N/c1-3-12(2)8-7-11-13-9-5-4-6-10-13/h4-6,9-10,12H,3,7-8,11H2,1-2H3/q+1. The molecule has 1 nitrogen and oxygen atoms in total. The van der Waals surface area contributed by atoms with E-state index in [1.807, 2.05) is 0 Å². The Morgan fingerprint density at radius 1 is 1.15 bits per heavy atom. The molecule has 0 aliphatic carbocycles. The van der Waals surface area contributed by atoms with Gasteiger partial charge in [0.1, 0.15) is 6.54 Å². The van der Waals surface area contributed by atoms with Gasteiger partial charge in [0.2, 0.25) is 0 Å². The van der Waals surface area contributed by atoms with Crippen LogP contribution in [0.4, 0.5) is 0 Å². The molecule has 0 aliphatic rings. The lowest BCUT2D eigenvalue weighted by Crippen LogP contribution is -2.32. The summed E-state index contributed by atoms with van der Waals surface area (Å²) in [5, 5.41) is 0. The molecule has 0 saturated carbocycles. The summed E-state index contributed by atoms with van der Waals surface area (Å²) < 4.78 is 2.25. The Hall–Kier alpha value is -0.850. The SMILES string of the molecule is CCC(C)CCC[n+]1ccccc1. The van der Waals surface area contributed by atoms with E-state index in [4.69, 9.17) is 0 Å². The molecule has 0 radical (unpaired) electrons. The van der Waals surface area contributed by atoms with Crippen LogP contribution in [-0.2, 0) is 6.54 Å². The van der Waals surface area contributed by atoms with Gasteiger partial charge in [0, 0.05) is 18.6 Å². The van der Waals surface area contributed by atoms with E-state index in [2.05, 4.69) is 49.0 Å². The highest BCUT2D eigenvalue weighted by atomic mass is 14.9. The summed E-state index contributed by atoms with van der Waals surface area (Å²) in [4.78, 5) is 0. The Bertz CT molecular complexity index is 218. The number of aryl methyl sites for hydroxylation is 1. The Morgan fingerprint density at radius 2 is 1.85 bits per heavy atom. The predicted molar refractivity (Wildman–Crippen MR) is 55.3 cm³/mol. The lowest BCUT2D eigenvalue weighted by Gasteiger charge is -2.05. The first-order valence-corrected chi connectivity index (χ1v) is 5.27. The van der Waals surface area contributed by atoms with Crippen LogP contribution in [0.25, 0.3) is 0 Å². The van der Waals surface area contributed by atoms with Gasteiger partial charge in [0.05, 0.1) is 0 Å². The molecular weight excluding hydrogens is 158 g/mol. The van der Waals surface area contributed by atoms with Gasteiger partial charge in [-0.1, -0.05) is 26.3 Å². The molecule has 72 valence electrons. The third-order valence-electron chi connectivity index (χ3n) is 2.59. The molecule has 0 aromatic carbocycles. The predicted octanol–water partition coefficient (Wildman–Crippen LogP) is 2.80. The topological polar surface area (TPSA) is 3.88 Å². The Labute approximate surface area is 81.4 Å². The first-order valence-electron chi connectivity index (χ1n) is 5.27. The van der Waals surface area contributed by atoms with Crippen molar-refractivity contribution in [3.05, 3.63) is 30.6 Å². The fraction of sp³-hybridized carbons (Fsp3) is 0.583. The van der Waals surface area contributed by atoms with E-state index < -0.39 is 0 Å². The second kappa shape index (κ2) is 5.74. The second-order valence-corrected chi connectivity index (χ2v) is 3.77. The highest BCUT2D eigenvalue weighted by Gasteiger charge is 2.01. The van der Waals surface area contributed by atoms with Crippen LogP contribution in [0.15, 0.2) is 30.6 Å². The van der Waals surface area contributed by atoms with Crippen LogP contribution in [0.5, 0.6) is 0 Å². The number of hydrogen-bond acceptors (Lipinski definition) is 0. The maximum Gasteiger partial charge on any atom is 0.168 e. The van der Waals surface area contributed by atoms with Gasteiger partial charge >= 0.3 is 0 Å². The van der Waals surface area contributed by atoms with Gasteiger partial charge in [-0.15, -0.1) is 0 Å². The lowest BCUT2D eigenvalue weighted by atomic mass is 10.0. The number of pyridine rings is 1. The minimum atomic E-state index is 0.879. The summed E-state index contributed by atoms with van der Waals surface area (Å²) >= 11 is 0. The quantitative estimate of drug-likeness (QED) is 0.610. The van der Waals surface area contributed by atoms with E-state index in [0.29, 0.717) is 0 Å². The van der Waals surface area contributed by atoms with Crippen molar-refractivity contribution >= 4 is 0 Å². The summed E-state index contributed by atoms with van der Waals surface area (Å²) in [5.74, 6) is 0.879. The van der Waals surface area contributed by atoms with Crippen LogP contribution < -0.4 is 4.57 Å². The van der Waals surface area contributed by atoms with E-state index >= 15 is 0 Å². The molecule has 0 saturated heterocycles. The first-order chi connectivity index (χ1) is 6.33. The maximum atomic E-state index is 2.33. The van der Waals surface area contributed by atoms with Crippen LogP contribution in [0.3, 0.4) is 0 Å². The van der Waals surface area contributed by atoms with E-state index in [1.165, 1.54) is 19.3 Å². The summed E-state index contributed by atoms with van der Waals surface area (Å²) in [6, 6.07) is 6.23. The molecule has 1 aromatic rings. The molecule has 1 heterocycles. The summed E-state index contributed by atoms with van der Waals surface area (Å²) in [5.41, 5.74) is 0. The average molecular weight is 178 g/mol. The minimum absolute atomic E-state index is 0.879. The molecule has 0 spiro atoms. The fourth-order valence-electron chi connectivity index (χ4n) is 1.41. The molecule has 1 unspecified atom stereocenters. The zero-order valence-electron chi connectivity index (χ0n) is 8.74. The Kier molecular flexibility index (Phi) is 4.52. The van der Waals surface area contributed by atoms with Gasteiger partial charge < -0.3 is 0 Å². The monoisotopic (exact) mass is 178 g/mol. The average Bonchev–Trinajstić information content (AvgIpc) is 2.19. The fourth-order valence-corrected chi connectivity index (χ4v) is 1.41. The lowest BCUT2D eigenvalue weighted by molar-refractivity contribution is -0.697. The minimum Gasteiger partial charge on any atom is -0.205 e. The number of rotatable bonds is 5. The van der Waals surface area contributed by atoms with Gasteiger partial charge in [0.25, 0.3) is 0 Å². The highest BCUT2D eigenvalue weighted by molar-refractivity contribution is 4.83. The molecule has 0 bridgehead atoms. The van der Waals surface area contributed by atoms with Crippen LogP contribution in [0.1, 0.15) is 33.1 Å². The normalized spacial score (nSPS) is 12.8. The van der Waals surface area contributed by atoms with Crippen LogP contribution in [0.2, 0.25) is 0 Å². The van der Waals surface area contributed by atoms with Crippen LogP contribution in [-0.4, -0.2) is 0 Å². The summed E-state index contributed by atoms with van der Waals surface area (Å²) in [7, 11) is 0. The molecule has 0 N–H and O–H groups in total. The van der Waals surface area contributed by atoms with Crippen LogP contribution >= 0.6 is 0 Å². The van der Waals surface area contributed by atoms with E-state index in [0.717, 1.165) is 12.5 Å². The van der Waals surface area contributed by atoms with E-state index in [-0.39, 0.29) is 0 Å². The maximum absolute atomic E-state index is 2.33.